The minimum Gasteiger partial charge on any atom is -0.508 e. The smallest absolute Gasteiger partial charge is 0.258 e. The van der Waals surface area contributed by atoms with Gasteiger partial charge in [0.15, 0.2) is 0 Å². The fourth-order valence-corrected chi connectivity index (χ4v) is 4.44. The minimum atomic E-state index is -0.469. The molecule has 1 amide bonds. The molecule has 7 heteroatoms. The summed E-state index contributed by atoms with van der Waals surface area (Å²) in [6.45, 7) is 0. The Morgan fingerprint density at radius 3 is 2.08 bits per heavy atom. The summed E-state index contributed by atoms with van der Waals surface area (Å²) in [4.78, 5) is 15.6. The summed E-state index contributed by atoms with van der Waals surface area (Å²) in [5.74, 6) is 0.506. The molecule has 0 radical (unpaired) electrons. The predicted molar refractivity (Wildman–Crippen MR) is 143 cm³/mol. The number of carbonyl (C=O) groups excluding carboxylic acids is 1. The molecule has 1 aliphatic heterocycles. The summed E-state index contributed by atoms with van der Waals surface area (Å²) in [6, 6.07) is 24.9. The highest BCUT2D eigenvalue weighted by atomic mass is 16.5. The van der Waals surface area contributed by atoms with E-state index >= 15 is 0 Å². The van der Waals surface area contributed by atoms with Gasteiger partial charge in [-0.2, -0.15) is 10.5 Å². The Bertz CT molecular complexity index is 1470. The molecule has 1 aliphatic rings. The van der Waals surface area contributed by atoms with Crippen LogP contribution in [0.1, 0.15) is 33.9 Å². The number of ether oxygens (including phenoxy) is 2. The quantitative estimate of drug-likeness (QED) is 0.418. The second-order valence-electron chi connectivity index (χ2n) is 8.46. The Morgan fingerprint density at radius 2 is 1.53 bits per heavy atom. The lowest BCUT2D eigenvalue weighted by atomic mass is 9.89. The number of hydrogen-bond acceptors (Lipinski definition) is 6. The number of carbonyl (C=O) groups is 1. The highest BCUT2D eigenvalue weighted by molar-refractivity contribution is 5.96. The van der Waals surface area contributed by atoms with Crippen LogP contribution in [-0.2, 0) is 0 Å². The van der Waals surface area contributed by atoms with Gasteiger partial charge in [0, 0.05) is 23.4 Å². The van der Waals surface area contributed by atoms with E-state index in [0.717, 1.165) is 5.56 Å². The zero-order valence-electron chi connectivity index (χ0n) is 21.0. The lowest BCUT2D eigenvalue weighted by Gasteiger charge is -2.37. The average molecular weight is 504 g/mol. The normalized spacial score (nSPS) is 14.8. The van der Waals surface area contributed by atoms with Crippen molar-refractivity contribution in [3.05, 3.63) is 118 Å². The zero-order chi connectivity index (χ0) is 27.1. The van der Waals surface area contributed by atoms with Gasteiger partial charge in [0.1, 0.15) is 35.0 Å². The van der Waals surface area contributed by atoms with Crippen molar-refractivity contribution in [1.29, 1.82) is 10.5 Å². The van der Waals surface area contributed by atoms with Crippen LogP contribution in [0.3, 0.4) is 0 Å². The maximum absolute atomic E-state index is 13.9. The number of aromatic hydroxyl groups is 1. The van der Waals surface area contributed by atoms with E-state index in [0.29, 0.717) is 40.3 Å². The zero-order valence-corrected chi connectivity index (χ0v) is 21.0. The topological polar surface area (TPSA) is 107 Å². The number of hydrogen-bond donors (Lipinski definition) is 1. The third-order valence-electron chi connectivity index (χ3n) is 6.24. The molecule has 0 bridgehead atoms. The second kappa shape index (κ2) is 11.6. The van der Waals surface area contributed by atoms with Crippen LogP contribution < -0.4 is 9.47 Å². The van der Waals surface area contributed by atoms with Crippen molar-refractivity contribution in [2.75, 3.05) is 14.2 Å². The van der Waals surface area contributed by atoms with E-state index in [9.17, 15) is 20.4 Å². The van der Waals surface area contributed by atoms with Gasteiger partial charge in [-0.05, 0) is 47.9 Å². The first-order valence-corrected chi connectivity index (χ1v) is 11.8. The number of methoxy groups -OCH3 is 2. The predicted octanol–water partition coefficient (Wildman–Crippen LogP) is 5.94. The summed E-state index contributed by atoms with van der Waals surface area (Å²) in [6.07, 6.45) is 5.43. The van der Waals surface area contributed by atoms with E-state index in [1.807, 2.05) is 48.5 Å². The first-order valence-electron chi connectivity index (χ1n) is 11.8. The number of rotatable bonds is 6. The summed E-state index contributed by atoms with van der Waals surface area (Å²) < 4.78 is 10.9. The van der Waals surface area contributed by atoms with Crippen molar-refractivity contribution in [2.24, 2.45) is 0 Å². The number of amides is 1. The second-order valence-corrected chi connectivity index (χ2v) is 8.46. The molecule has 0 aliphatic carbocycles. The van der Waals surface area contributed by atoms with Gasteiger partial charge in [0.05, 0.1) is 25.8 Å². The van der Waals surface area contributed by atoms with Crippen molar-refractivity contribution in [1.82, 2.24) is 4.90 Å². The fourth-order valence-electron chi connectivity index (χ4n) is 4.44. The van der Waals surface area contributed by atoms with Crippen LogP contribution >= 0.6 is 0 Å². The van der Waals surface area contributed by atoms with Crippen LogP contribution in [0.5, 0.6) is 17.2 Å². The molecule has 0 saturated heterocycles. The molecule has 38 heavy (non-hydrogen) atoms. The third-order valence-corrected chi connectivity index (χ3v) is 6.24. The molecule has 3 aromatic rings. The monoisotopic (exact) mass is 503 g/mol. The SMILES string of the molecule is COc1cc(O)cc(OC)c1C=CC1=CC(=C(C#N)C#N)CC(c2ccccc2)N1C(=O)c1ccccc1. The molecule has 7 nitrogen and oxygen atoms in total. The van der Waals surface area contributed by atoms with Crippen LogP contribution in [0.4, 0.5) is 0 Å². The molecule has 188 valence electrons. The van der Waals surface area contributed by atoms with E-state index in [4.69, 9.17) is 9.47 Å². The van der Waals surface area contributed by atoms with Gasteiger partial charge in [0.25, 0.3) is 5.91 Å². The van der Waals surface area contributed by atoms with Gasteiger partial charge in [-0.15, -0.1) is 0 Å². The summed E-state index contributed by atoms with van der Waals surface area (Å²) in [7, 11) is 2.96. The number of nitriles is 2. The molecule has 0 spiro atoms. The van der Waals surface area contributed by atoms with E-state index in [2.05, 4.69) is 0 Å². The molecule has 0 aromatic heterocycles. The molecular formula is C31H25N3O4. The standard InChI is InChI=1S/C31H25N3O4/c1-37-29-17-26(35)18-30(38-2)27(29)14-13-25-15-23(24(19-32)20-33)16-28(21-9-5-3-6-10-21)34(25)31(36)22-11-7-4-8-12-22/h3-15,17-18,28,35H,16H2,1-2H3. The molecule has 1 heterocycles. The minimum absolute atomic E-state index is 0.0107. The first-order chi connectivity index (χ1) is 18.5. The molecule has 0 saturated carbocycles. The van der Waals surface area contributed by atoms with Gasteiger partial charge < -0.3 is 19.5 Å². The van der Waals surface area contributed by atoms with Crippen molar-refractivity contribution in [2.45, 2.75) is 12.5 Å². The van der Waals surface area contributed by atoms with E-state index in [1.165, 1.54) is 26.4 Å². The van der Waals surface area contributed by atoms with Crippen molar-refractivity contribution in [3.8, 4) is 29.4 Å². The largest absolute Gasteiger partial charge is 0.508 e. The summed E-state index contributed by atoms with van der Waals surface area (Å²) in [5.41, 5.74) is 2.92. The molecule has 1 atom stereocenters. The van der Waals surface area contributed by atoms with Crippen molar-refractivity contribution >= 4 is 12.0 Å². The Morgan fingerprint density at radius 1 is 0.947 bits per heavy atom. The Hall–Kier alpha value is -5.27. The molecule has 4 rings (SSSR count). The third kappa shape index (κ3) is 5.28. The van der Waals surface area contributed by atoms with Crippen LogP contribution in [0.25, 0.3) is 6.08 Å². The van der Waals surface area contributed by atoms with Crippen LogP contribution in [0, 0.1) is 22.7 Å². The Labute approximate surface area is 221 Å². The Kier molecular flexibility index (Phi) is 7.91. The van der Waals surface area contributed by atoms with Crippen molar-refractivity contribution < 1.29 is 19.4 Å². The number of allylic oxidation sites excluding steroid dienone is 3. The number of benzene rings is 3. The first kappa shape index (κ1) is 25.8. The number of phenolic OH excluding ortho intramolecular Hbond substituents is 1. The van der Waals surface area contributed by atoms with Gasteiger partial charge in [0.2, 0.25) is 0 Å². The van der Waals surface area contributed by atoms with Gasteiger partial charge >= 0.3 is 0 Å². The lowest BCUT2D eigenvalue weighted by Crippen LogP contribution is -2.36. The van der Waals surface area contributed by atoms with Crippen molar-refractivity contribution in [3.63, 3.8) is 0 Å². The fraction of sp³-hybridized carbons (Fsp3) is 0.129. The van der Waals surface area contributed by atoms with E-state index in [1.54, 1.807) is 47.4 Å². The maximum atomic E-state index is 13.9. The summed E-state index contributed by atoms with van der Waals surface area (Å²) >= 11 is 0. The van der Waals surface area contributed by atoms with Gasteiger partial charge in [-0.25, -0.2) is 0 Å². The van der Waals surface area contributed by atoms with E-state index in [-0.39, 0.29) is 17.2 Å². The van der Waals surface area contributed by atoms with Crippen LogP contribution in [0.15, 0.2) is 102 Å². The maximum Gasteiger partial charge on any atom is 0.258 e. The van der Waals surface area contributed by atoms with E-state index < -0.39 is 6.04 Å². The van der Waals surface area contributed by atoms with Crippen LogP contribution in [-0.4, -0.2) is 30.1 Å². The van der Waals surface area contributed by atoms with Gasteiger partial charge in [-0.3, -0.25) is 4.79 Å². The molecule has 3 aromatic carbocycles. The number of phenols is 1. The lowest BCUT2D eigenvalue weighted by molar-refractivity contribution is 0.0744. The highest BCUT2D eigenvalue weighted by Gasteiger charge is 2.33. The van der Waals surface area contributed by atoms with Gasteiger partial charge in [-0.1, -0.05) is 48.5 Å². The molecule has 1 N–H and O–H groups in total. The number of nitrogens with zero attached hydrogens (tertiary/aromatic N) is 3. The molecular weight excluding hydrogens is 478 g/mol. The highest BCUT2D eigenvalue weighted by Crippen LogP contribution is 2.40. The molecule has 1 unspecified atom stereocenters. The average Bonchev–Trinajstić information content (AvgIpc) is 2.96. The summed E-state index contributed by atoms with van der Waals surface area (Å²) in [5, 5.41) is 29.3. The molecule has 0 fully saturated rings. The Balaban J connectivity index is 1.94. The van der Waals surface area contributed by atoms with Crippen LogP contribution in [0.2, 0.25) is 0 Å².